The number of hydrogen-bond donors (Lipinski definition) is 0. The molecule has 0 amide bonds. The summed E-state index contributed by atoms with van der Waals surface area (Å²) in [5.74, 6) is 0.829. The topological polar surface area (TPSA) is 9.23 Å². The Bertz CT molecular complexity index is 209. The highest BCUT2D eigenvalue weighted by Gasteiger charge is 1.96. The van der Waals surface area contributed by atoms with Crippen LogP contribution < -0.4 is 0 Å². The highest BCUT2D eigenvalue weighted by molar-refractivity contribution is 5.29. The zero-order valence-corrected chi connectivity index (χ0v) is 7.84. The van der Waals surface area contributed by atoms with Crippen LogP contribution in [0.3, 0.4) is 0 Å². The maximum Gasteiger partial charge on any atom is 0.121 e. The summed E-state index contributed by atoms with van der Waals surface area (Å²) in [5, 5.41) is 0. The molecule has 0 saturated heterocycles. The summed E-state index contributed by atoms with van der Waals surface area (Å²) in [5.41, 5.74) is 1.13. The molecule has 0 rings (SSSR count). The van der Waals surface area contributed by atoms with Gasteiger partial charge in [0.25, 0.3) is 0 Å². The first-order valence-electron chi connectivity index (χ1n) is 3.98. The lowest BCUT2D eigenvalue weighted by atomic mass is 10.1. The summed E-state index contributed by atoms with van der Waals surface area (Å²) >= 11 is 0. The molecule has 0 heterocycles. The van der Waals surface area contributed by atoms with Crippen molar-refractivity contribution in [3.05, 3.63) is 48.8 Å². The molecule has 1 heteroatoms. The lowest BCUT2D eigenvalue weighted by Crippen LogP contribution is -1.87. The van der Waals surface area contributed by atoms with Crippen LogP contribution in [0.2, 0.25) is 0 Å². The minimum Gasteiger partial charge on any atom is -0.497 e. The van der Waals surface area contributed by atoms with E-state index >= 15 is 0 Å². The van der Waals surface area contributed by atoms with Crippen molar-refractivity contribution in [3.8, 4) is 0 Å². The van der Waals surface area contributed by atoms with Gasteiger partial charge in [0.1, 0.15) is 5.76 Å². The van der Waals surface area contributed by atoms with E-state index in [-0.39, 0.29) is 0 Å². The molecule has 0 fully saturated rings. The van der Waals surface area contributed by atoms with Crippen LogP contribution in [0.5, 0.6) is 0 Å². The molecular formula is C11H16O. The fourth-order valence-electron chi connectivity index (χ4n) is 0.904. The molecule has 0 aromatic heterocycles. The second-order valence-electron chi connectivity index (χ2n) is 2.25. The molecule has 0 bridgehead atoms. The lowest BCUT2D eigenvalue weighted by molar-refractivity contribution is 0.302. The van der Waals surface area contributed by atoms with E-state index in [1.807, 2.05) is 12.2 Å². The highest BCUT2D eigenvalue weighted by atomic mass is 16.5. The fraction of sp³-hybridized carbons (Fsp3) is 0.273. The molecule has 0 aliphatic rings. The Morgan fingerprint density at radius 3 is 2.42 bits per heavy atom. The van der Waals surface area contributed by atoms with E-state index in [0.29, 0.717) is 0 Å². The molecule has 0 radical (unpaired) electrons. The van der Waals surface area contributed by atoms with Gasteiger partial charge in [-0.3, -0.25) is 0 Å². The van der Waals surface area contributed by atoms with E-state index in [9.17, 15) is 0 Å². The van der Waals surface area contributed by atoms with Gasteiger partial charge in [-0.2, -0.15) is 0 Å². The smallest absolute Gasteiger partial charge is 0.121 e. The largest absolute Gasteiger partial charge is 0.497 e. The quantitative estimate of drug-likeness (QED) is 0.448. The highest BCUT2D eigenvalue weighted by Crippen LogP contribution is 2.11. The number of methoxy groups -OCH3 is 1. The molecule has 1 nitrogen and oxygen atoms in total. The summed E-state index contributed by atoms with van der Waals surface area (Å²) in [6.07, 6.45) is 8.26. The van der Waals surface area contributed by atoms with E-state index < -0.39 is 0 Å². The van der Waals surface area contributed by atoms with Crippen LogP contribution in [0.25, 0.3) is 0 Å². The number of ether oxygens (including phenoxy) is 1. The third-order valence-corrected chi connectivity index (χ3v) is 1.54. The molecule has 12 heavy (non-hydrogen) atoms. The molecule has 0 aromatic carbocycles. The minimum absolute atomic E-state index is 0.829. The fourth-order valence-corrected chi connectivity index (χ4v) is 0.904. The van der Waals surface area contributed by atoms with Crippen molar-refractivity contribution in [3.63, 3.8) is 0 Å². The Balaban J connectivity index is 4.67. The Hall–Kier alpha value is -1.24. The summed E-state index contributed by atoms with van der Waals surface area (Å²) in [6, 6.07) is 0. The summed E-state index contributed by atoms with van der Waals surface area (Å²) in [7, 11) is 1.65. The van der Waals surface area contributed by atoms with E-state index in [0.717, 1.165) is 17.8 Å². The lowest BCUT2D eigenvalue weighted by Gasteiger charge is -2.04. The van der Waals surface area contributed by atoms with E-state index in [4.69, 9.17) is 4.74 Å². The predicted octanol–water partition coefficient (Wildman–Crippen LogP) is 3.23. The van der Waals surface area contributed by atoms with Crippen molar-refractivity contribution < 1.29 is 4.74 Å². The van der Waals surface area contributed by atoms with Crippen molar-refractivity contribution in [1.29, 1.82) is 0 Å². The third-order valence-electron chi connectivity index (χ3n) is 1.54. The van der Waals surface area contributed by atoms with Crippen LogP contribution in [0.1, 0.15) is 13.3 Å². The van der Waals surface area contributed by atoms with Gasteiger partial charge in [0.05, 0.1) is 7.11 Å². The van der Waals surface area contributed by atoms with Crippen LogP contribution >= 0.6 is 0 Å². The molecule has 0 aliphatic heterocycles. The van der Waals surface area contributed by atoms with Gasteiger partial charge >= 0.3 is 0 Å². The molecule has 0 saturated carbocycles. The van der Waals surface area contributed by atoms with Crippen molar-refractivity contribution in [2.24, 2.45) is 0 Å². The standard InChI is InChI=1S/C11H16O/c1-5-8-9-10(6-2)11(7-3)12-4/h5,7-9H,1,3,6H2,2,4H3/b9-8-,11-10+. The molecule has 0 atom stereocenters. The monoisotopic (exact) mass is 164 g/mol. The predicted molar refractivity (Wildman–Crippen MR) is 53.9 cm³/mol. The van der Waals surface area contributed by atoms with Gasteiger partial charge in [0, 0.05) is 0 Å². The third kappa shape index (κ3) is 3.24. The van der Waals surface area contributed by atoms with Gasteiger partial charge in [-0.15, -0.1) is 0 Å². The molecule has 0 aliphatic carbocycles. The average molecular weight is 164 g/mol. The molecular weight excluding hydrogens is 148 g/mol. The van der Waals surface area contributed by atoms with Crippen molar-refractivity contribution in [2.75, 3.05) is 7.11 Å². The SMILES string of the molecule is C=C/C=C\C(CC)=C(/C=C)OC. The maximum absolute atomic E-state index is 5.13. The first-order valence-corrected chi connectivity index (χ1v) is 3.98. The second-order valence-corrected chi connectivity index (χ2v) is 2.25. The van der Waals surface area contributed by atoms with E-state index in [1.54, 1.807) is 19.3 Å². The van der Waals surface area contributed by atoms with Crippen LogP contribution in [0.15, 0.2) is 48.8 Å². The minimum atomic E-state index is 0.829. The van der Waals surface area contributed by atoms with Gasteiger partial charge < -0.3 is 4.74 Å². The Morgan fingerprint density at radius 2 is 2.08 bits per heavy atom. The van der Waals surface area contributed by atoms with Crippen LogP contribution in [-0.4, -0.2) is 7.11 Å². The van der Waals surface area contributed by atoms with Crippen LogP contribution in [0, 0.1) is 0 Å². The van der Waals surface area contributed by atoms with Crippen LogP contribution in [0.4, 0.5) is 0 Å². The Kier molecular flexibility index (Phi) is 5.80. The summed E-state index contributed by atoms with van der Waals surface area (Å²) in [4.78, 5) is 0. The molecule has 0 N–H and O–H groups in total. The zero-order valence-electron chi connectivity index (χ0n) is 7.84. The number of rotatable bonds is 5. The zero-order chi connectivity index (χ0) is 9.40. The van der Waals surface area contributed by atoms with Gasteiger partial charge in [-0.1, -0.05) is 38.3 Å². The molecule has 0 spiro atoms. The van der Waals surface area contributed by atoms with Gasteiger partial charge in [-0.05, 0) is 18.1 Å². The first kappa shape index (κ1) is 10.8. The van der Waals surface area contributed by atoms with E-state index in [2.05, 4.69) is 20.1 Å². The summed E-state index contributed by atoms with van der Waals surface area (Å²) < 4.78 is 5.13. The Labute approximate surface area is 74.7 Å². The summed E-state index contributed by atoms with van der Waals surface area (Å²) in [6.45, 7) is 9.34. The van der Waals surface area contributed by atoms with Crippen molar-refractivity contribution in [1.82, 2.24) is 0 Å². The van der Waals surface area contributed by atoms with Crippen LogP contribution in [-0.2, 0) is 4.74 Å². The van der Waals surface area contributed by atoms with Gasteiger partial charge in [0.2, 0.25) is 0 Å². The molecule has 0 aromatic rings. The molecule has 0 unspecified atom stereocenters. The Morgan fingerprint density at radius 1 is 1.42 bits per heavy atom. The number of allylic oxidation sites excluding steroid dienone is 5. The first-order chi connectivity index (χ1) is 5.79. The van der Waals surface area contributed by atoms with Crippen molar-refractivity contribution in [2.45, 2.75) is 13.3 Å². The second kappa shape index (κ2) is 6.47. The van der Waals surface area contributed by atoms with Gasteiger partial charge in [-0.25, -0.2) is 0 Å². The van der Waals surface area contributed by atoms with Crippen molar-refractivity contribution >= 4 is 0 Å². The maximum atomic E-state index is 5.13. The number of hydrogen-bond acceptors (Lipinski definition) is 1. The van der Waals surface area contributed by atoms with E-state index in [1.165, 1.54) is 0 Å². The normalized spacial score (nSPS) is 12.5. The molecule has 66 valence electrons. The average Bonchev–Trinajstić information content (AvgIpc) is 2.12. The van der Waals surface area contributed by atoms with Gasteiger partial charge in [0.15, 0.2) is 0 Å².